The number of nitrogens with zero attached hydrogens (tertiary/aromatic N) is 1. The molecule has 0 aliphatic carbocycles. The number of hydrogen-bond acceptors (Lipinski definition) is 6. The molecule has 0 bridgehead atoms. The van der Waals surface area contributed by atoms with E-state index in [1.54, 1.807) is 6.07 Å². The third kappa shape index (κ3) is 5.32. The summed E-state index contributed by atoms with van der Waals surface area (Å²) < 4.78 is 35.8. The number of carbonyl (C=O) groups excluding carboxylic acids is 1. The lowest BCUT2D eigenvalue weighted by Crippen LogP contribution is -2.40. The Morgan fingerprint density at radius 2 is 2.00 bits per heavy atom. The summed E-state index contributed by atoms with van der Waals surface area (Å²) in [5, 5.41) is 10.3. The first-order valence-electron chi connectivity index (χ1n) is 6.27. The molecule has 5 N–H and O–H groups in total. The van der Waals surface area contributed by atoms with Gasteiger partial charge in [0.15, 0.2) is 0 Å². The first-order chi connectivity index (χ1) is 10.9. The van der Waals surface area contributed by atoms with Crippen LogP contribution in [0.15, 0.2) is 40.9 Å². The minimum Gasteiger partial charge on any atom is -0.366 e. The molecule has 0 saturated carbocycles. The molecule has 7 nitrogen and oxygen atoms in total. The molecule has 1 aromatic carbocycles. The molecule has 10 heteroatoms. The highest BCUT2D eigenvalue weighted by molar-refractivity contribution is 7.85. The Morgan fingerprint density at radius 1 is 1.43 bits per heavy atom. The molecular weight excluding hydrogens is 328 g/mol. The minimum absolute atomic E-state index is 0.0359. The molecule has 2 rings (SSSR count). The van der Waals surface area contributed by atoms with Crippen molar-refractivity contribution in [3.05, 3.63) is 36.0 Å². The summed E-state index contributed by atoms with van der Waals surface area (Å²) in [6.07, 6.45) is 0.902. The molecule has 23 heavy (non-hydrogen) atoms. The lowest BCUT2D eigenvalue weighted by molar-refractivity contribution is -0.114. The number of anilines is 1. The van der Waals surface area contributed by atoms with Crippen LogP contribution in [0, 0.1) is 11.3 Å². The van der Waals surface area contributed by atoms with Crippen LogP contribution in [-0.4, -0.2) is 22.0 Å². The fourth-order valence-electron chi connectivity index (χ4n) is 1.65. The number of carbonyl (C=O) groups is 1. The van der Waals surface area contributed by atoms with Crippen molar-refractivity contribution >= 4 is 22.4 Å². The zero-order valence-electron chi connectivity index (χ0n) is 12.0. The quantitative estimate of drug-likeness (QED) is 0.626. The number of nitrogens with two attached hydrogens (primary N) is 1. The number of nitrogens with one attached hydrogen (secondary N) is 3. The Kier molecular flexibility index (Phi) is 7.11. The SMILES string of the molecule is CC#N.NC(=O)C1=CNNC1Nc1ccc(S(=O)C(F)F)cc1. The summed E-state index contributed by atoms with van der Waals surface area (Å²) in [5.41, 5.74) is 11.5. The summed E-state index contributed by atoms with van der Waals surface area (Å²) in [4.78, 5) is 11.2. The Morgan fingerprint density at radius 3 is 2.48 bits per heavy atom. The molecule has 1 heterocycles. The van der Waals surface area contributed by atoms with Gasteiger partial charge in [0, 0.05) is 23.7 Å². The maximum Gasteiger partial charge on any atom is 0.316 e. The second-order valence-electron chi connectivity index (χ2n) is 4.14. The van der Waals surface area contributed by atoms with Gasteiger partial charge in [-0.15, -0.1) is 0 Å². The van der Waals surface area contributed by atoms with Crippen LogP contribution >= 0.6 is 0 Å². The van der Waals surface area contributed by atoms with Crippen molar-refractivity contribution in [2.75, 3.05) is 5.32 Å². The average molecular weight is 343 g/mol. The highest BCUT2D eigenvalue weighted by atomic mass is 32.2. The van der Waals surface area contributed by atoms with Gasteiger partial charge in [-0.25, -0.2) is 9.63 Å². The topological polar surface area (TPSA) is 120 Å². The first-order valence-corrected chi connectivity index (χ1v) is 7.49. The lowest BCUT2D eigenvalue weighted by Gasteiger charge is -2.16. The summed E-state index contributed by atoms with van der Waals surface area (Å²) in [6, 6.07) is 7.41. The molecule has 0 spiro atoms. The molecule has 1 aromatic rings. The van der Waals surface area contributed by atoms with Crippen molar-refractivity contribution in [1.82, 2.24) is 10.9 Å². The molecule has 2 unspecified atom stereocenters. The van der Waals surface area contributed by atoms with Crippen molar-refractivity contribution in [2.24, 2.45) is 5.73 Å². The van der Waals surface area contributed by atoms with E-state index < -0.39 is 28.6 Å². The number of benzene rings is 1. The van der Waals surface area contributed by atoms with Gasteiger partial charge in [-0.3, -0.25) is 4.79 Å². The largest absolute Gasteiger partial charge is 0.366 e. The molecule has 1 aliphatic heterocycles. The van der Waals surface area contributed by atoms with Gasteiger partial charge in [0.1, 0.15) is 17.0 Å². The first kappa shape index (κ1) is 18.5. The number of hydrogen-bond donors (Lipinski definition) is 4. The molecule has 0 saturated heterocycles. The van der Waals surface area contributed by atoms with Crippen molar-refractivity contribution in [2.45, 2.75) is 23.7 Å². The molecule has 2 atom stereocenters. The van der Waals surface area contributed by atoms with E-state index in [-0.39, 0.29) is 4.90 Å². The highest BCUT2D eigenvalue weighted by Crippen LogP contribution is 2.18. The third-order valence-corrected chi connectivity index (χ3v) is 3.67. The van der Waals surface area contributed by atoms with Gasteiger partial charge in [0.25, 0.3) is 0 Å². The summed E-state index contributed by atoms with van der Waals surface area (Å²) in [6.45, 7) is 1.43. The lowest BCUT2D eigenvalue weighted by atomic mass is 10.2. The Balaban J connectivity index is 0.000000816. The Hall–Kier alpha value is -2.51. The molecular formula is C13H15F2N5O2S. The van der Waals surface area contributed by atoms with E-state index in [2.05, 4.69) is 16.2 Å². The van der Waals surface area contributed by atoms with Gasteiger partial charge in [-0.2, -0.15) is 14.0 Å². The van der Waals surface area contributed by atoms with Gasteiger partial charge in [0.2, 0.25) is 5.91 Å². The van der Waals surface area contributed by atoms with Crippen LogP contribution in [0.4, 0.5) is 14.5 Å². The third-order valence-electron chi connectivity index (χ3n) is 2.61. The van der Waals surface area contributed by atoms with Gasteiger partial charge in [-0.05, 0) is 24.3 Å². The smallest absolute Gasteiger partial charge is 0.316 e. The molecule has 0 aromatic heterocycles. The van der Waals surface area contributed by atoms with E-state index in [1.165, 1.54) is 37.4 Å². The average Bonchev–Trinajstić information content (AvgIpc) is 2.96. The maximum absolute atomic E-state index is 12.3. The fraction of sp³-hybridized carbons (Fsp3) is 0.231. The van der Waals surface area contributed by atoms with Crippen LogP contribution in [0.1, 0.15) is 6.92 Å². The number of alkyl halides is 2. The van der Waals surface area contributed by atoms with Crippen LogP contribution in [0.5, 0.6) is 0 Å². The summed E-state index contributed by atoms with van der Waals surface area (Å²) >= 11 is 0. The Labute approximate surface area is 134 Å². The van der Waals surface area contributed by atoms with E-state index in [1.807, 2.05) is 0 Å². The zero-order chi connectivity index (χ0) is 17.4. The standard InChI is InChI=1S/C11H12F2N4O2S.C2H3N/c12-11(13)20(19)7-3-1-6(2-4-7)16-10-8(9(14)18)5-15-17-10;1-2-3/h1-5,10-11,15-17H,(H2,14,18);1H3. The van der Waals surface area contributed by atoms with Gasteiger partial charge in [-0.1, -0.05) is 0 Å². The van der Waals surface area contributed by atoms with Gasteiger partial charge in [0.05, 0.1) is 11.6 Å². The van der Waals surface area contributed by atoms with Crippen LogP contribution in [0.3, 0.4) is 0 Å². The monoisotopic (exact) mass is 343 g/mol. The normalized spacial score (nSPS) is 17.2. The molecule has 1 aliphatic rings. The number of hydrazine groups is 1. The number of halogens is 2. The summed E-state index contributed by atoms with van der Waals surface area (Å²) in [5.74, 6) is -3.51. The number of amides is 1. The van der Waals surface area contributed by atoms with Crippen LogP contribution in [-0.2, 0) is 15.6 Å². The van der Waals surface area contributed by atoms with Crippen molar-refractivity contribution in [1.29, 1.82) is 5.26 Å². The second kappa shape index (κ2) is 8.82. The molecule has 124 valence electrons. The van der Waals surface area contributed by atoms with Gasteiger partial charge < -0.3 is 16.5 Å². The van der Waals surface area contributed by atoms with E-state index in [9.17, 15) is 17.8 Å². The van der Waals surface area contributed by atoms with E-state index in [0.717, 1.165) is 0 Å². The van der Waals surface area contributed by atoms with E-state index in [0.29, 0.717) is 11.3 Å². The predicted molar refractivity (Wildman–Crippen MR) is 81.1 cm³/mol. The van der Waals surface area contributed by atoms with Crippen molar-refractivity contribution < 1.29 is 17.8 Å². The zero-order valence-corrected chi connectivity index (χ0v) is 12.9. The van der Waals surface area contributed by atoms with E-state index >= 15 is 0 Å². The number of primary amides is 1. The summed E-state index contributed by atoms with van der Waals surface area (Å²) in [7, 11) is -2.34. The molecule has 0 fully saturated rings. The van der Waals surface area contributed by atoms with E-state index in [4.69, 9.17) is 11.0 Å². The Bertz CT molecular complexity index is 643. The molecule has 1 amide bonds. The minimum atomic E-state index is -2.92. The number of rotatable bonds is 5. The fourth-order valence-corrected chi connectivity index (χ4v) is 2.26. The van der Waals surface area contributed by atoms with Crippen molar-refractivity contribution in [3.8, 4) is 6.07 Å². The molecule has 0 radical (unpaired) electrons. The van der Waals surface area contributed by atoms with Crippen LogP contribution in [0.2, 0.25) is 0 Å². The highest BCUT2D eigenvalue weighted by Gasteiger charge is 2.23. The van der Waals surface area contributed by atoms with Crippen molar-refractivity contribution in [3.63, 3.8) is 0 Å². The predicted octanol–water partition coefficient (Wildman–Crippen LogP) is 0.762. The second-order valence-corrected chi connectivity index (χ2v) is 5.56. The maximum atomic E-state index is 12.3. The van der Waals surface area contributed by atoms with Gasteiger partial charge >= 0.3 is 5.76 Å². The van der Waals surface area contributed by atoms with Crippen LogP contribution in [0.25, 0.3) is 0 Å². The van der Waals surface area contributed by atoms with Crippen LogP contribution < -0.4 is 21.9 Å². The number of nitriles is 1.